The molecule has 1 aromatic rings. The first kappa shape index (κ1) is 12.3. The van der Waals surface area contributed by atoms with Gasteiger partial charge in [-0.25, -0.2) is 15.1 Å². The predicted octanol–water partition coefficient (Wildman–Crippen LogP) is 1.20. The Kier molecular flexibility index (Phi) is 3.73. The van der Waals surface area contributed by atoms with Gasteiger partial charge in [-0.05, 0) is 17.7 Å². The second-order valence-corrected chi connectivity index (χ2v) is 3.93. The molecule has 1 aliphatic heterocycles. The third-order valence-electron chi connectivity index (χ3n) is 2.25. The van der Waals surface area contributed by atoms with Gasteiger partial charge in [0.05, 0.1) is 6.54 Å². The number of hydrazone groups is 1. The molecule has 94 valence electrons. The van der Waals surface area contributed by atoms with Crippen LogP contribution in [0.25, 0.3) is 0 Å². The molecule has 1 aromatic heterocycles. The van der Waals surface area contributed by atoms with Gasteiger partial charge in [0.15, 0.2) is 5.03 Å². The second-order valence-electron chi connectivity index (χ2n) is 3.54. The van der Waals surface area contributed by atoms with E-state index in [0.29, 0.717) is 18.2 Å². The number of rotatable bonds is 3. The summed E-state index contributed by atoms with van der Waals surface area (Å²) in [5, 5.41) is 16.2. The molecule has 0 amide bonds. The molecular weight excluding hydrogens is 258 g/mol. The van der Waals surface area contributed by atoms with Crippen LogP contribution in [0.4, 0.5) is 0 Å². The molecule has 0 unspecified atom stereocenters. The first-order valence-corrected chi connectivity index (χ1v) is 5.53. The molecule has 0 bridgehead atoms. The quantitative estimate of drug-likeness (QED) is 0.505. The standard InChI is InChI=1S/C10H10ClN5O2/c11-9-3-2-8(6-13-9)7-15-5-1-4-12-10(15)14-16(17)18/h1-3,5-6H,4,7H2,(H,12,14). The molecule has 2 rings (SSSR count). The lowest BCUT2D eigenvalue weighted by atomic mass is 10.2. The number of halogens is 1. The Balaban J connectivity index is 2.15. The molecule has 0 saturated heterocycles. The van der Waals surface area contributed by atoms with Crippen LogP contribution in [0.15, 0.2) is 35.7 Å². The number of hydrogen-bond donors (Lipinski definition) is 1. The van der Waals surface area contributed by atoms with E-state index < -0.39 is 5.03 Å². The third kappa shape index (κ3) is 3.17. The molecule has 0 atom stereocenters. The fourth-order valence-electron chi connectivity index (χ4n) is 1.50. The van der Waals surface area contributed by atoms with Crippen molar-refractivity contribution < 1.29 is 5.03 Å². The molecule has 0 saturated carbocycles. The van der Waals surface area contributed by atoms with Crippen molar-refractivity contribution in [3.8, 4) is 0 Å². The minimum absolute atomic E-state index is 0.206. The lowest BCUT2D eigenvalue weighted by molar-refractivity contribution is -0.485. The molecule has 1 aliphatic rings. The summed E-state index contributed by atoms with van der Waals surface area (Å²) < 4.78 is 0. The Morgan fingerprint density at radius 3 is 3.11 bits per heavy atom. The average molecular weight is 268 g/mol. The summed E-state index contributed by atoms with van der Waals surface area (Å²) in [4.78, 5) is 16.0. The number of pyridine rings is 1. The summed E-state index contributed by atoms with van der Waals surface area (Å²) >= 11 is 5.69. The van der Waals surface area contributed by atoms with Crippen LogP contribution in [0.3, 0.4) is 0 Å². The number of nitrogens with zero attached hydrogens (tertiary/aromatic N) is 4. The van der Waals surface area contributed by atoms with Gasteiger partial charge in [-0.15, -0.1) is 0 Å². The van der Waals surface area contributed by atoms with Gasteiger partial charge >= 0.3 is 0 Å². The average Bonchev–Trinajstić information content (AvgIpc) is 2.34. The third-order valence-corrected chi connectivity index (χ3v) is 2.48. The van der Waals surface area contributed by atoms with Crippen molar-refractivity contribution in [3.05, 3.63) is 51.4 Å². The highest BCUT2D eigenvalue weighted by Gasteiger charge is 2.16. The molecular formula is C10H10ClN5O2. The van der Waals surface area contributed by atoms with E-state index in [9.17, 15) is 10.1 Å². The van der Waals surface area contributed by atoms with E-state index in [1.165, 1.54) is 0 Å². The maximum Gasteiger partial charge on any atom is 0.275 e. The van der Waals surface area contributed by atoms with E-state index in [-0.39, 0.29) is 5.96 Å². The van der Waals surface area contributed by atoms with Crippen LogP contribution < -0.4 is 5.32 Å². The van der Waals surface area contributed by atoms with Gasteiger partial charge in [0.25, 0.3) is 5.96 Å². The van der Waals surface area contributed by atoms with Gasteiger partial charge in [-0.2, -0.15) is 0 Å². The summed E-state index contributed by atoms with van der Waals surface area (Å²) in [6.07, 6.45) is 5.21. The van der Waals surface area contributed by atoms with Crippen LogP contribution in [-0.2, 0) is 6.54 Å². The largest absolute Gasteiger partial charge is 0.347 e. The Morgan fingerprint density at radius 1 is 1.61 bits per heavy atom. The molecule has 0 aliphatic carbocycles. The highest BCUT2D eigenvalue weighted by Crippen LogP contribution is 2.10. The van der Waals surface area contributed by atoms with Crippen molar-refractivity contribution in [1.82, 2.24) is 15.2 Å². The van der Waals surface area contributed by atoms with E-state index in [2.05, 4.69) is 15.4 Å². The highest BCUT2D eigenvalue weighted by atomic mass is 35.5. The van der Waals surface area contributed by atoms with Gasteiger partial charge in [0.1, 0.15) is 10.3 Å². The first-order valence-electron chi connectivity index (χ1n) is 5.16. The van der Waals surface area contributed by atoms with Crippen LogP contribution in [0.2, 0.25) is 5.15 Å². The van der Waals surface area contributed by atoms with Crippen molar-refractivity contribution in [1.29, 1.82) is 0 Å². The minimum atomic E-state index is -0.728. The van der Waals surface area contributed by atoms with Crippen molar-refractivity contribution in [3.63, 3.8) is 0 Å². The number of nitrogens with one attached hydrogen (secondary N) is 1. The van der Waals surface area contributed by atoms with Crippen molar-refractivity contribution in [2.75, 3.05) is 6.54 Å². The molecule has 0 fully saturated rings. The molecule has 0 aromatic carbocycles. The van der Waals surface area contributed by atoms with Crippen molar-refractivity contribution in [2.24, 2.45) is 5.10 Å². The Hall–Kier alpha value is -2.15. The van der Waals surface area contributed by atoms with Gasteiger partial charge < -0.3 is 10.2 Å². The molecule has 8 heteroatoms. The van der Waals surface area contributed by atoms with Crippen molar-refractivity contribution in [2.45, 2.75) is 6.54 Å². The zero-order chi connectivity index (χ0) is 13.0. The molecule has 0 radical (unpaired) electrons. The van der Waals surface area contributed by atoms with E-state index in [1.54, 1.807) is 23.4 Å². The summed E-state index contributed by atoms with van der Waals surface area (Å²) in [5.41, 5.74) is 0.879. The zero-order valence-corrected chi connectivity index (χ0v) is 10.0. The topological polar surface area (TPSA) is 83.7 Å². The van der Waals surface area contributed by atoms with Crippen LogP contribution in [0.5, 0.6) is 0 Å². The zero-order valence-electron chi connectivity index (χ0n) is 9.28. The minimum Gasteiger partial charge on any atom is -0.347 e. The summed E-state index contributed by atoms with van der Waals surface area (Å²) in [6.45, 7) is 0.947. The van der Waals surface area contributed by atoms with Gasteiger partial charge in [-0.1, -0.05) is 17.7 Å². The van der Waals surface area contributed by atoms with Crippen LogP contribution in [0, 0.1) is 10.1 Å². The summed E-state index contributed by atoms with van der Waals surface area (Å²) in [6, 6.07) is 3.48. The van der Waals surface area contributed by atoms with E-state index in [4.69, 9.17) is 11.6 Å². The second kappa shape index (κ2) is 5.46. The lowest BCUT2D eigenvalue weighted by Gasteiger charge is -2.23. The SMILES string of the molecule is O=[N+]([O-])N=C1NCC=CN1Cc1ccc(Cl)nc1. The van der Waals surface area contributed by atoms with Gasteiger partial charge in [-0.3, -0.25) is 0 Å². The van der Waals surface area contributed by atoms with Gasteiger partial charge in [0, 0.05) is 18.9 Å². The Morgan fingerprint density at radius 2 is 2.44 bits per heavy atom. The van der Waals surface area contributed by atoms with Crippen molar-refractivity contribution >= 4 is 17.6 Å². The molecule has 1 N–H and O–H groups in total. The number of nitro groups is 1. The molecule has 2 heterocycles. The normalized spacial score (nSPS) is 16.7. The first-order chi connectivity index (χ1) is 8.65. The highest BCUT2D eigenvalue weighted by molar-refractivity contribution is 6.29. The monoisotopic (exact) mass is 267 g/mol. The predicted molar refractivity (Wildman–Crippen MR) is 66.4 cm³/mol. The lowest BCUT2D eigenvalue weighted by Crippen LogP contribution is -2.41. The van der Waals surface area contributed by atoms with E-state index in [0.717, 1.165) is 5.56 Å². The maximum absolute atomic E-state index is 10.4. The van der Waals surface area contributed by atoms with E-state index >= 15 is 0 Å². The van der Waals surface area contributed by atoms with E-state index in [1.807, 2.05) is 12.1 Å². The number of hydrogen-bond acceptors (Lipinski definition) is 3. The number of guanidine groups is 1. The molecule has 7 nitrogen and oxygen atoms in total. The Labute approximate surface area is 108 Å². The number of aromatic nitrogens is 1. The Bertz CT molecular complexity index is 499. The summed E-state index contributed by atoms with van der Waals surface area (Å²) in [7, 11) is 0. The van der Waals surface area contributed by atoms with Gasteiger partial charge in [0.2, 0.25) is 0 Å². The summed E-state index contributed by atoms with van der Waals surface area (Å²) in [5.74, 6) is 0.206. The fourth-order valence-corrected chi connectivity index (χ4v) is 1.61. The molecule has 0 spiro atoms. The fraction of sp³-hybridized carbons (Fsp3) is 0.200. The maximum atomic E-state index is 10.4. The van der Waals surface area contributed by atoms with Crippen LogP contribution in [0.1, 0.15) is 5.56 Å². The smallest absolute Gasteiger partial charge is 0.275 e. The molecule has 18 heavy (non-hydrogen) atoms. The van der Waals surface area contributed by atoms with Crippen LogP contribution in [-0.4, -0.2) is 27.4 Å². The van der Waals surface area contributed by atoms with Crippen LogP contribution >= 0.6 is 11.6 Å².